The highest BCUT2D eigenvalue weighted by molar-refractivity contribution is 5.99. The maximum atomic E-state index is 12.3. The minimum atomic E-state index is -1.04. The van der Waals surface area contributed by atoms with Crippen LogP contribution in [0.2, 0.25) is 0 Å². The van der Waals surface area contributed by atoms with Crippen LogP contribution >= 0.6 is 0 Å². The van der Waals surface area contributed by atoms with Gasteiger partial charge in [0.2, 0.25) is 0 Å². The van der Waals surface area contributed by atoms with Crippen molar-refractivity contribution in [1.29, 1.82) is 0 Å². The van der Waals surface area contributed by atoms with E-state index in [4.69, 9.17) is 14.6 Å². The van der Waals surface area contributed by atoms with Crippen molar-refractivity contribution in [2.45, 2.75) is 0 Å². The van der Waals surface area contributed by atoms with Crippen molar-refractivity contribution in [3.63, 3.8) is 0 Å². The molecule has 3 N–H and O–H groups in total. The third kappa shape index (κ3) is 4.15. The van der Waals surface area contributed by atoms with Gasteiger partial charge in [-0.15, -0.1) is 5.10 Å². The summed E-state index contributed by atoms with van der Waals surface area (Å²) < 4.78 is 12.3. The lowest BCUT2D eigenvalue weighted by atomic mass is 10.1. The molecule has 0 aliphatic carbocycles. The Morgan fingerprint density at radius 1 is 0.938 bits per heavy atom. The maximum absolute atomic E-state index is 12.3. The number of fused-ring (bicyclic) bond motifs is 1. The van der Waals surface area contributed by atoms with E-state index in [2.05, 4.69) is 20.7 Å². The van der Waals surface area contributed by atoms with Crippen molar-refractivity contribution in [3.8, 4) is 22.8 Å². The average molecular weight is 433 g/mol. The predicted octanol–water partition coefficient (Wildman–Crippen LogP) is 3.76. The minimum absolute atomic E-state index is 0.130. The topological polar surface area (TPSA) is 127 Å². The van der Waals surface area contributed by atoms with E-state index >= 15 is 0 Å². The smallest absolute Gasteiger partial charge is 0.335 e. The molecule has 10 nitrogen and oxygen atoms in total. The van der Waals surface area contributed by atoms with Crippen LogP contribution in [0.15, 0.2) is 60.8 Å². The molecule has 4 rings (SSSR count). The molecule has 162 valence electrons. The first-order chi connectivity index (χ1) is 15.5. The summed E-state index contributed by atoms with van der Waals surface area (Å²) in [5, 5.41) is 18.7. The standard InChI is InChI=1S/C22H19N5O5/c1-31-17-8-5-14(11-18(17)32-2)16-9-10-23-20-12-19(26-27(16)20)25-22(30)24-15-6-3-13(4-7-15)21(28)29/h3-12H,1-2H3,(H,28,29)(H2,24,25,26,30). The number of urea groups is 1. The average Bonchev–Trinajstić information content (AvgIpc) is 3.21. The molecule has 0 aliphatic heterocycles. The SMILES string of the molecule is COc1ccc(-c2ccnc3cc(NC(=O)Nc4ccc(C(=O)O)cc4)nn23)cc1OC. The zero-order valence-electron chi connectivity index (χ0n) is 17.2. The first-order valence-electron chi connectivity index (χ1n) is 9.47. The molecule has 0 spiro atoms. The molecule has 0 bridgehead atoms. The number of nitrogens with one attached hydrogen (secondary N) is 2. The van der Waals surface area contributed by atoms with Gasteiger partial charge in [0.15, 0.2) is 23.0 Å². The van der Waals surface area contributed by atoms with Crippen molar-refractivity contribution in [1.82, 2.24) is 14.6 Å². The van der Waals surface area contributed by atoms with Crippen LogP contribution in [0.1, 0.15) is 10.4 Å². The Hall–Kier alpha value is -4.60. The number of carboxylic acid groups (broad SMARTS) is 1. The van der Waals surface area contributed by atoms with E-state index in [1.807, 2.05) is 12.1 Å². The van der Waals surface area contributed by atoms with Crippen molar-refractivity contribution in [3.05, 3.63) is 66.4 Å². The van der Waals surface area contributed by atoms with Gasteiger partial charge >= 0.3 is 12.0 Å². The minimum Gasteiger partial charge on any atom is -0.493 e. The van der Waals surface area contributed by atoms with Crippen LogP contribution in [0, 0.1) is 0 Å². The van der Waals surface area contributed by atoms with E-state index in [-0.39, 0.29) is 5.56 Å². The fourth-order valence-corrected chi connectivity index (χ4v) is 3.15. The van der Waals surface area contributed by atoms with E-state index in [1.165, 1.54) is 24.3 Å². The Morgan fingerprint density at radius 2 is 1.69 bits per heavy atom. The third-order valence-corrected chi connectivity index (χ3v) is 4.67. The first kappa shape index (κ1) is 20.7. The molecule has 0 aliphatic rings. The molecule has 32 heavy (non-hydrogen) atoms. The molecule has 2 aromatic carbocycles. The number of carbonyl (C=O) groups excluding carboxylic acids is 1. The summed E-state index contributed by atoms with van der Waals surface area (Å²) in [6.07, 6.45) is 1.65. The second kappa shape index (κ2) is 8.64. The Morgan fingerprint density at radius 3 is 2.38 bits per heavy atom. The van der Waals surface area contributed by atoms with E-state index in [0.29, 0.717) is 28.7 Å². The van der Waals surface area contributed by atoms with Crippen molar-refractivity contribution < 1.29 is 24.2 Å². The van der Waals surface area contributed by atoms with Crippen molar-refractivity contribution >= 4 is 29.2 Å². The summed E-state index contributed by atoms with van der Waals surface area (Å²) in [5.74, 6) is 0.444. The Labute approximate surface area is 182 Å². The zero-order chi connectivity index (χ0) is 22.7. The molecule has 2 amide bonds. The Kier molecular flexibility index (Phi) is 5.58. The summed E-state index contributed by atoms with van der Waals surface area (Å²) in [6, 6.07) is 14.2. The van der Waals surface area contributed by atoms with E-state index in [1.54, 1.807) is 43.1 Å². The number of hydrogen-bond acceptors (Lipinski definition) is 6. The van der Waals surface area contributed by atoms with Crippen LogP contribution in [-0.2, 0) is 0 Å². The van der Waals surface area contributed by atoms with Gasteiger partial charge in [-0.1, -0.05) is 0 Å². The number of benzene rings is 2. The molecular formula is C22H19N5O5. The lowest BCUT2D eigenvalue weighted by Gasteiger charge is -2.10. The van der Waals surface area contributed by atoms with Crippen LogP contribution < -0.4 is 20.1 Å². The normalized spacial score (nSPS) is 10.6. The molecule has 2 aromatic heterocycles. The quantitative estimate of drug-likeness (QED) is 0.422. The number of hydrogen-bond donors (Lipinski definition) is 3. The van der Waals surface area contributed by atoms with Crippen molar-refractivity contribution in [2.75, 3.05) is 24.9 Å². The molecule has 0 fully saturated rings. The number of nitrogens with zero attached hydrogens (tertiary/aromatic N) is 3. The largest absolute Gasteiger partial charge is 0.493 e. The van der Waals surface area contributed by atoms with Crippen LogP contribution in [0.3, 0.4) is 0 Å². The number of rotatable bonds is 6. The molecule has 0 unspecified atom stereocenters. The maximum Gasteiger partial charge on any atom is 0.335 e. The number of carbonyl (C=O) groups is 2. The van der Waals surface area contributed by atoms with E-state index in [0.717, 1.165) is 11.3 Å². The van der Waals surface area contributed by atoms with Crippen LogP contribution in [0.5, 0.6) is 11.5 Å². The molecular weight excluding hydrogens is 414 g/mol. The van der Waals surface area contributed by atoms with Gasteiger partial charge in [-0.25, -0.2) is 19.1 Å². The van der Waals surface area contributed by atoms with Gasteiger partial charge in [0.25, 0.3) is 0 Å². The zero-order valence-corrected chi connectivity index (χ0v) is 17.2. The molecule has 0 radical (unpaired) electrons. The fraction of sp³-hybridized carbons (Fsp3) is 0.0909. The van der Waals surface area contributed by atoms with Crippen LogP contribution in [0.25, 0.3) is 16.9 Å². The number of carboxylic acids is 1. The summed E-state index contributed by atoms with van der Waals surface area (Å²) in [6.45, 7) is 0. The van der Waals surface area contributed by atoms with E-state index < -0.39 is 12.0 Å². The number of methoxy groups -OCH3 is 2. The van der Waals surface area contributed by atoms with Crippen molar-refractivity contribution in [2.24, 2.45) is 0 Å². The van der Waals surface area contributed by atoms with Gasteiger partial charge in [-0.3, -0.25) is 5.32 Å². The second-order valence-corrected chi connectivity index (χ2v) is 6.66. The van der Waals surface area contributed by atoms with Gasteiger partial charge in [0.1, 0.15) is 0 Å². The highest BCUT2D eigenvalue weighted by atomic mass is 16.5. The van der Waals surface area contributed by atoms with Gasteiger partial charge in [0.05, 0.1) is 25.5 Å². The molecule has 0 atom stereocenters. The molecule has 4 aromatic rings. The third-order valence-electron chi connectivity index (χ3n) is 4.67. The number of anilines is 2. The fourth-order valence-electron chi connectivity index (χ4n) is 3.15. The first-order valence-corrected chi connectivity index (χ1v) is 9.47. The number of aromatic carboxylic acids is 1. The lowest BCUT2D eigenvalue weighted by Crippen LogP contribution is -2.19. The Balaban J connectivity index is 1.56. The predicted molar refractivity (Wildman–Crippen MR) is 118 cm³/mol. The molecule has 2 heterocycles. The summed E-state index contributed by atoms with van der Waals surface area (Å²) >= 11 is 0. The molecule has 10 heteroatoms. The summed E-state index contributed by atoms with van der Waals surface area (Å²) in [5.41, 5.74) is 2.69. The van der Waals surface area contributed by atoms with E-state index in [9.17, 15) is 9.59 Å². The highest BCUT2D eigenvalue weighted by Gasteiger charge is 2.13. The lowest BCUT2D eigenvalue weighted by molar-refractivity contribution is 0.0697. The number of ether oxygens (including phenoxy) is 2. The molecule has 0 saturated carbocycles. The van der Waals surface area contributed by atoms with Gasteiger partial charge in [0, 0.05) is 23.5 Å². The summed E-state index contributed by atoms with van der Waals surface area (Å²) in [4.78, 5) is 27.6. The van der Waals surface area contributed by atoms with Gasteiger partial charge < -0.3 is 19.9 Å². The molecule has 0 saturated heterocycles. The Bertz CT molecular complexity index is 1300. The van der Waals surface area contributed by atoms with Crippen LogP contribution in [0.4, 0.5) is 16.3 Å². The number of aromatic nitrogens is 3. The van der Waals surface area contributed by atoms with Gasteiger partial charge in [-0.2, -0.15) is 0 Å². The van der Waals surface area contributed by atoms with Crippen LogP contribution in [-0.4, -0.2) is 45.9 Å². The highest BCUT2D eigenvalue weighted by Crippen LogP contribution is 2.32. The number of amides is 2. The monoisotopic (exact) mass is 433 g/mol. The second-order valence-electron chi connectivity index (χ2n) is 6.66. The van der Waals surface area contributed by atoms with Gasteiger partial charge in [-0.05, 0) is 48.5 Å². The summed E-state index contributed by atoms with van der Waals surface area (Å²) in [7, 11) is 3.13.